The lowest BCUT2D eigenvalue weighted by Crippen LogP contribution is -2.35. The van der Waals surface area contributed by atoms with Gasteiger partial charge in [-0.2, -0.15) is 0 Å². The summed E-state index contributed by atoms with van der Waals surface area (Å²) in [6.45, 7) is 2.03. The van der Waals surface area contributed by atoms with Gasteiger partial charge in [-0.15, -0.1) is 0 Å². The molecule has 0 radical (unpaired) electrons. The third kappa shape index (κ3) is 2.50. The van der Waals surface area contributed by atoms with Gasteiger partial charge in [0.05, 0.1) is 5.52 Å². The molecule has 3 rings (SSSR count). The van der Waals surface area contributed by atoms with Crippen LogP contribution in [0.3, 0.4) is 0 Å². The smallest absolute Gasteiger partial charge is 0.0705 e. The Morgan fingerprint density at radius 2 is 1.74 bits per heavy atom. The van der Waals surface area contributed by atoms with E-state index in [0.29, 0.717) is 0 Å². The summed E-state index contributed by atoms with van der Waals surface area (Å²) in [6.07, 6.45) is 7.37. The summed E-state index contributed by atoms with van der Waals surface area (Å²) in [7, 11) is 0. The minimum Gasteiger partial charge on any atom is -0.321 e. The quantitative estimate of drug-likeness (QED) is 0.780. The van der Waals surface area contributed by atoms with Gasteiger partial charge in [0.2, 0.25) is 0 Å². The van der Waals surface area contributed by atoms with Gasteiger partial charge in [-0.1, -0.05) is 37.8 Å². The van der Waals surface area contributed by atoms with Gasteiger partial charge in [0.1, 0.15) is 0 Å². The number of benzene rings is 1. The van der Waals surface area contributed by atoms with Gasteiger partial charge in [-0.3, -0.25) is 4.98 Å². The first-order valence-corrected chi connectivity index (χ1v) is 7.34. The van der Waals surface area contributed by atoms with E-state index in [1.54, 1.807) is 0 Å². The minimum atomic E-state index is -0.129. The van der Waals surface area contributed by atoms with Gasteiger partial charge in [-0.05, 0) is 43.5 Å². The molecule has 1 aliphatic rings. The van der Waals surface area contributed by atoms with E-state index >= 15 is 0 Å². The Morgan fingerprint density at radius 3 is 2.47 bits per heavy atom. The average molecular weight is 254 g/mol. The molecule has 100 valence electrons. The number of nitrogens with zero attached hydrogens (tertiary/aromatic N) is 1. The van der Waals surface area contributed by atoms with E-state index in [9.17, 15) is 0 Å². The molecule has 1 saturated carbocycles. The molecule has 1 aliphatic carbocycles. The van der Waals surface area contributed by atoms with Gasteiger partial charge < -0.3 is 5.73 Å². The van der Waals surface area contributed by atoms with Crippen molar-refractivity contribution in [2.24, 2.45) is 5.73 Å². The van der Waals surface area contributed by atoms with Gasteiger partial charge in [-0.25, -0.2) is 0 Å². The van der Waals surface area contributed by atoms with E-state index in [1.807, 2.05) is 6.92 Å². The monoisotopic (exact) mass is 254 g/mol. The SMILES string of the molecule is Cc1ccc2cc(C3(N)CCCCCC3)ccc2n1. The maximum absolute atomic E-state index is 6.68. The Hall–Kier alpha value is -1.41. The van der Waals surface area contributed by atoms with E-state index in [-0.39, 0.29) is 5.54 Å². The zero-order valence-electron chi connectivity index (χ0n) is 11.7. The lowest BCUT2D eigenvalue weighted by Gasteiger charge is -2.29. The minimum absolute atomic E-state index is 0.129. The van der Waals surface area contributed by atoms with Crippen LogP contribution in [0.2, 0.25) is 0 Å². The molecule has 0 aliphatic heterocycles. The molecule has 2 aromatic rings. The van der Waals surface area contributed by atoms with Gasteiger partial charge in [0.25, 0.3) is 0 Å². The summed E-state index contributed by atoms with van der Waals surface area (Å²) >= 11 is 0. The number of aryl methyl sites for hydroxylation is 1. The molecule has 0 unspecified atom stereocenters. The number of pyridine rings is 1. The van der Waals surface area contributed by atoms with E-state index in [1.165, 1.54) is 36.6 Å². The first-order chi connectivity index (χ1) is 9.17. The zero-order chi connectivity index (χ0) is 13.3. The van der Waals surface area contributed by atoms with Crippen LogP contribution in [0.1, 0.15) is 49.8 Å². The summed E-state index contributed by atoms with van der Waals surface area (Å²) < 4.78 is 0. The van der Waals surface area contributed by atoms with E-state index in [0.717, 1.165) is 24.1 Å². The number of hydrogen-bond donors (Lipinski definition) is 1. The fourth-order valence-electron chi connectivity index (χ4n) is 3.19. The molecule has 1 heterocycles. The average Bonchev–Trinajstić information content (AvgIpc) is 2.64. The van der Waals surface area contributed by atoms with Crippen LogP contribution in [-0.4, -0.2) is 4.98 Å². The summed E-state index contributed by atoms with van der Waals surface area (Å²) in [4.78, 5) is 4.56. The third-order valence-corrected chi connectivity index (χ3v) is 4.40. The standard InChI is InChI=1S/C17H22N2/c1-13-6-7-14-12-15(8-9-16(14)19-13)17(18)10-4-2-3-5-11-17/h6-9,12H,2-5,10-11,18H2,1H3. The Labute approximate surface area is 115 Å². The molecule has 0 bridgehead atoms. The number of aromatic nitrogens is 1. The van der Waals surface area contributed by atoms with Gasteiger partial charge in [0.15, 0.2) is 0 Å². The van der Waals surface area contributed by atoms with Crippen molar-refractivity contribution in [1.29, 1.82) is 0 Å². The van der Waals surface area contributed by atoms with Crippen molar-refractivity contribution in [3.63, 3.8) is 0 Å². The predicted octanol–water partition coefficient (Wildman–Crippen LogP) is 4.05. The predicted molar refractivity (Wildman–Crippen MR) is 80.0 cm³/mol. The van der Waals surface area contributed by atoms with Crippen LogP contribution in [0, 0.1) is 6.92 Å². The molecule has 2 nitrogen and oxygen atoms in total. The number of rotatable bonds is 1. The van der Waals surface area contributed by atoms with Crippen molar-refractivity contribution in [1.82, 2.24) is 4.98 Å². The topological polar surface area (TPSA) is 38.9 Å². The summed E-state index contributed by atoms with van der Waals surface area (Å²) in [5, 5.41) is 1.21. The van der Waals surface area contributed by atoms with Crippen LogP contribution in [0.25, 0.3) is 10.9 Å². The summed E-state index contributed by atoms with van der Waals surface area (Å²) in [5.41, 5.74) is 9.97. The first kappa shape index (κ1) is 12.6. The second-order valence-electron chi connectivity index (χ2n) is 5.93. The maximum atomic E-state index is 6.68. The highest BCUT2D eigenvalue weighted by atomic mass is 14.7. The van der Waals surface area contributed by atoms with Crippen LogP contribution < -0.4 is 5.73 Å². The highest BCUT2D eigenvalue weighted by Crippen LogP contribution is 2.34. The molecule has 0 atom stereocenters. The molecule has 1 aromatic heterocycles. The van der Waals surface area contributed by atoms with E-state index < -0.39 is 0 Å². The first-order valence-electron chi connectivity index (χ1n) is 7.34. The lowest BCUT2D eigenvalue weighted by atomic mass is 9.83. The largest absolute Gasteiger partial charge is 0.321 e. The molecule has 0 spiro atoms. The summed E-state index contributed by atoms with van der Waals surface area (Å²) in [6, 6.07) is 10.8. The molecule has 0 saturated heterocycles. The van der Waals surface area contributed by atoms with Gasteiger partial charge in [0, 0.05) is 16.6 Å². The Balaban J connectivity index is 2.02. The molecule has 1 aromatic carbocycles. The fraction of sp³-hybridized carbons (Fsp3) is 0.471. The highest BCUT2D eigenvalue weighted by Gasteiger charge is 2.28. The molecule has 1 fully saturated rings. The van der Waals surface area contributed by atoms with Crippen molar-refractivity contribution >= 4 is 10.9 Å². The fourth-order valence-corrected chi connectivity index (χ4v) is 3.19. The van der Waals surface area contributed by atoms with Crippen LogP contribution in [-0.2, 0) is 5.54 Å². The van der Waals surface area contributed by atoms with Crippen LogP contribution in [0.5, 0.6) is 0 Å². The second-order valence-corrected chi connectivity index (χ2v) is 5.93. The van der Waals surface area contributed by atoms with E-state index in [4.69, 9.17) is 5.73 Å². The van der Waals surface area contributed by atoms with Crippen molar-refractivity contribution in [2.45, 2.75) is 51.0 Å². The van der Waals surface area contributed by atoms with Gasteiger partial charge >= 0.3 is 0 Å². The molecule has 2 N–H and O–H groups in total. The third-order valence-electron chi connectivity index (χ3n) is 4.40. The highest BCUT2D eigenvalue weighted by molar-refractivity contribution is 5.79. The van der Waals surface area contributed by atoms with Crippen molar-refractivity contribution < 1.29 is 0 Å². The molecule has 2 heteroatoms. The Morgan fingerprint density at radius 1 is 1.00 bits per heavy atom. The van der Waals surface area contributed by atoms with Crippen LogP contribution in [0.15, 0.2) is 30.3 Å². The van der Waals surface area contributed by atoms with Crippen LogP contribution in [0.4, 0.5) is 0 Å². The Kier molecular flexibility index (Phi) is 3.28. The van der Waals surface area contributed by atoms with Crippen molar-refractivity contribution in [3.8, 4) is 0 Å². The number of nitrogens with two attached hydrogens (primary N) is 1. The molecular formula is C17H22N2. The lowest BCUT2D eigenvalue weighted by molar-refractivity contribution is 0.386. The maximum Gasteiger partial charge on any atom is 0.0705 e. The normalized spacial score (nSPS) is 19.3. The summed E-state index contributed by atoms with van der Waals surface area (Å²) in [5.74, 6) is 0. The molecular weight excluding hydrogens is 232 g/mol. The molecule has 19 heavy (non-hydrogen) atoms. The molecule has 0 amide bonds. The number of fused-ring (bicyclic) bond motifs is 1. The van der Waals surface area contributed by atoms with E-state index in [2.05, 4.69) is 35.3 Å². The van der Waals surface area contributed by atoms with Crippen molar-refractivity contribution in [3.05, 3.63) is 41.6 Å². The van der Waals surface area contributed by atoms with Crippen molar-refractivity contribution in [2.75, 3.05) is 0 Å². The zero-order valence-corrected chi connectivity index (χ0v) is 11.7. The number of hydrogen-bond acceptors (Lipinski definition) is 2. The van der Waals surface area contributed by atoms with Crippen LogP contribution >= 0.6 is 0 Å². The Bertz CT molecular complexity index is 581. The second kappa shape index (κ2) is 4.93.